The van der Waals surface area contributed by atoms with E-state index in [1.807, 2.05) is 0 Å². The zero-order chi connectivity index (χ0) is 10.2. The van der Waals surface area contributed by atoms with Gasteiger partial charge in [0.25, 0.3) is 0 Å². The predicted molar refractivity (Wildman–Crippen MR) is 51.9 cm³/mol. The largest absolute Gasteiger partial charge is 0.432 e. The van der Waals surface area contributed by atoms with Gasteiger partial charge in [0.05, 0.1) is 0 Å². The highest BCUT2D eigenvalue weighted by atomic mass is 35.5. The van der Waals surface area contributed by atoms with Crippen molar-refractivity contribution in [2.75, 3.05) is 19.3 Å². The zero-order valence-corrected chi connectivity index (χ0v) is 8.68. The molecule has 0 aromatic carbocycles. The monoisotopic (exact) mass is 222 g/mol. The van der Waals surface area contributed by atoms with Crippen LogP contribution < -0.4 is 10.9 Å². The molecule has 82 valence electrons. The first kappa shape index (κ1) is 11.6. The number of hydrazine groups is 1. The van der Waals surface area contributed by atoms with Crippen molar-refractivity contribution < 1.29 is 14.3 Å². The highest BCUT2D eigenvalue weighted by Gasteiger charge is 2.12. The summed E-state index contributed by atoms with van der Waals surface area (Å²) in [5.74, 6) is 0. The average Bonchev–Trinajstić information content (AvgIpc) is 2.43. The highest BCUT2D eigenvalue weighted by molar-refractivity contribution is 6.17. The van der Waals surface area contributed by atoms with Gasteiger partial charge in [-0.15, -0.1) is 0 Å². The van der Waals surface area contributed by atoms with Gasteiger partial charge >= 0.3 is 6.09 Å². The van der Waals surface area contributed by atoms with E-state index in [1.165, 1.54) is 0 Å². The first-order chi connectivity index (χ1) is 6.83. The van der Waals surface area contributed by atoms with Crippen molar-refractivity contribution >= 4 is 17.7 Å². The third kappa shape index (κ3) is 4.64. The van der Waals surface area contributed by atoms with Gasteiger partial charge in [0, 0.05) is 19.3 Å². The minimum Gasteiger partial charge on any atom is -0.432 e. The smallest absolute Gasteiger partial charge is 0.422 e. The number of rotatable bonds is 3. The third-order valence-electron chi connectivity index (χ3n) is 2.02. The Bertz CT molecular complexity index is 172. The van der Waals surface area contributed by atoms with E-state index in [0.29, 0.717) is 0 Å². The van der Waals surface area contributed by atoms with Crippen molar-refractivity contribution in [2.45, 2.75) is 25.3 Å². The normalized spacial score (nSPS) is 22.5. The lowest BCUT2D eigenvalue weighted by Gasteiger charge is -2.15. The van der Waals surface area contributed by atoms with Crippen molar-refractivity contribution in [3.63, 3.8) is 0 Å². The molecule has 0 bridgehead atoms. The van der Waals surface area contributed by atoms with Crippen molar-refractivity contribution in [1.29, 1.82) is 0 Å². The summed E-state index contributed by atoms with van der Waals surface area (Å²) in [6.45, 7) is 1.52. The van der Waals surface area contributed by atoms with Crippen molar-refractivity contribution in [2.24, 2.45) is 0 Å². The summed E-state index contributed by atoms with van der Waals surface area (Å²) >= 11 is 5.21. The number of carbonyl (C=O) groups is 1. The van der Waals surface area contributed by atoms with Crippen LogP contribution in [0, 0.1) is 0 Å². The summed E-state index contributed by atoms with van der Waals surface area (Å²) < 4.78 is 9.76. The Morgan fingerprint density at radius 2 is 2.36 bits per heavy atom. The minimum absolute atomic E-state index is 0.138. The van der Waals surface area contributed by atoms with E-state index in [2.05, 4.69) is 15.6 Å². The summed E-state index contributed by atoms with van der Waals surface area (Å²) in [5, 5.41) is 0. The zero-order valence-electron chi connectivity index (χ0n) is 7.92. The molecule has 1 saturated heterocycles. The SMILES string of the molecule is O=C(NNC1CCCOCC1)OCCl. The first-order valence-corrected chi connectivity index (χ1v) is 5.18. The van der Waals surface area contributed by atoms with Crippen LogP contribution in [0.25, 0.3) is 0 Å². The number of amides is 1. The standard InChI is InChI=1S/C8H15ClN2O3/c9-6-14-8(12)11-10-7-2-1-4-13-5-3-7/h7,10H,1-6H2,(H,11,12). The molecule has 0 aromatic rings. The van der Waals surface area contributed by atoms with Gasteiger partial charge in [0.2, 0.25) is 0 Å². The minimum atomic E-state index is -0.551. The van der Waals surface area contributed by atoms with Crippen LogP contribution in [0.4, 0.5) is 4.79 Å². The molecule has 6 heteroatoms. The summed E-state index contributed by atoms with van der Waals surface area (Å²) in [7, 11) is 0. The van der Waals surface area contributed by atoms with Crippen LogP contribution in [0.2, 0.25) is 0 Å². The molecule has 1 atom stereocenters. The van der Waals surface area contributed by atoms with E-state index < -0.39 is 6.09 Å². The van der Waals surface area contributed by atoms with Gasteiger partial charge in [-0.2, -0.15) is 0 Å². The van der Waals surface area contributed by atoms with Gasteiger partial charge in [-0.3, -0.25) is 5.43 Å². The molecule has 5 nitrogen and oxygen atoms in total. The topological polar surface area (TPSA) is 59.6 Å². The number of ether oxygens (including phenoxy) is 2. The molecule has 14 heavy (non-hydrogen) atoms. The fraction of sp³-hybridized carbons (Fsp3) is 0.875. The molecular weight excluding hydrogens is 208 g/mol. The van der Waals surface area contributed by atoms with Gasteiger partial charge in [0.1, 0.15) is 0 Å². The molecule has 1 aliphatic heterocycles. The second kappa shape index (κ2) is 6.86. The Hall–Kier alpha value is -0.520. The Morgan fingerprint density at radius 1 is 1.50 bits per heavy atom. The van der Waals surface area contributed by atoms with Gasteiger partial charge in [0.15, 0.2) is 6.07 Å². The van der Waals surface area contributed by atoms with E-state index in [4.69, 9.17) is 16.3 Å². The summed E-state index contributed by atoms with van der Waals surface area (Å²) in [6.07, 6.45) is 2.33. The highest BCUT2D eigenvalue weighted by Crippen LogP contribution is 2.06. The quantitative estimate of drug-likeness (QED) is 0.552. The van der Waals surface area contributed by atoms with Crippen LogP contribution in [-0.4, -0.2) is 31.4 Å². The molecule has 1 heterocycles. The van der Waals surface area contributed by atoms with E-state index in [0.717, 1.165) is 32.5 Å². The number of nitrogens with one attached hydrogen (secondary N) is 2. The molecular formula is C8H15ClN2O3. The molecule has 0 spiro atoms. The van der Waals surface area contributed by atoms with Crippen LogP contribution in [0.15, 0.2) is 0 Å². The fourth-order valence-corrected chi connectivity index (χ4v) is 1.39. The molecule has 1 amide bonds. The summed E-state index contributed by atoms with van der Waals surface area (Å²) in [4.78, 5) is 10.9. The molecule has 0 aromatic heterocycles. The maximum Gasteiger partial charge on any atom is 0.422 e. The molecule has 1 unspecified atom stereocenters. The molecule has 1 fully saturated rings. The predicted octanol–water partition coefficient (Wildman–Crippen LogP) is 0.983. The molecule has 2 N–H and O–H groups in total. The lowest BCUT2D eigenvalue weighted by molar-refractivity contribution is 0.140. The van der Waals surface area contributed by atoms with Crippen LogP contribution >= 0.6 is 11.6 Å². The van der Waals surface area contributed by atoms with E-state index >= 15 is 0 Å². The van der Waals surface area contributed by atoms with Crippen molar-refractivity contribution in [3.05, 3.63) is 0 Å². The Morgan fingerprint density at radius 3 is 3.14 bits per heavy atom. The fourth-order valence-electron chi connectivity index (χ4n) is 1.29. The summed E-state index contributed by atoms with van der Waals surface area (Å²) in [5.41, 5.74) is 5.31. The number of hydrogen-bond acceptors (Lipinski definition) is 4. The molecule has 0 radical (unpaired) electrons. The van der Waals surface area contributed by atoms with Crippen molar-refractivity contribution in [1.82, 2.24) is 10.9 Å². The second-order valence-corrected chi connectivity index (χ2v) is 3.27. The first-order valence-electron chi connectivity index (χ1n) is 4.65. The van der Waals surface area contributed by atoms with E-state index in [1.54, 1.807) is 0 Å². The van der Waals surface area contributed by atoms with Crippen molar-refractivity contribution in [3.8, 4) is 0 Å². The maximum atomic E-state index is 10.9. The van der Waals surface area contributed by atoms with E-state index in [-0.39, 0.29) is 12.1 Å². The lowest BCUT2D eigenvalue weighted by atomic mass is 10.1. The lowest BCUT2D eigenvalue weighted by Crippen LogP contribution is -2.44. The average molecular weight is 223 g/mol. The number of carbonyl (C=O) groups excluding carboxylic acids is 1. The van der Waals surface area contributed by atoms with Crippen LogP contribution in [0.3, 0.4) is 0 Å². The molecule has 1 aliphatic rings. The summed E-state index contributed by atoms with van der Waals surface area (Å²) in [6, 6.07) is 0.113. The second-order valence-electron chi connectivity index (χ2n) is 3.05. The molecule has 1 rings (SSSR count). The Balaban J connectivity index is 2.12. The third-order valence-corrected chi connectivity index (χ3v) is 2.13. The van der Waals surface area contributed by atoms with Gasteiger partial charge < -0.3 is 9.47 Å². The van der Waals surface area contributed by atoms with Crippen LogP contribution in [-0.2, 0) is 9.47 Å². The Labute approximate surface area is 88.0 Å². The number of halogens is 1. The molecule has 0 saturated carbocycles. The molecule has 0 aliphatic carbocycles. The van der Waals surface area contributed by atoms with Gasteiger partial charge in [-0.25, -0.2) is 10.2 Å². The van der Waals surface area contributed by atoms with E-state index in [9.17, 15) is 4.79 Å². The van der Waals surface area contributed by atoms with Crippen LogP contribution in [0.5, 0.6) is 0 Å². The van der Waals surface area contributed by atoms with Crippen LogP contribution in [0.1, 0.15) is 19.3 Å². The van der Waals surface area contributed by atoms with Gasteiger partial charge in [-0.05, 0) is 19.3 Å². The number of hydrogen-bond donors (Lipinski definition) is 2. The van der Waals surface area contributed by atoms with Gasteiger partial charge in [-0.1, -0.05) is 11.6 Å². The number of alkyl halides is 1. The maximum absolute atomic E-state index is 10.9. The Kier molecular flexibility index (Phi) is 5.66.